The molecule has 0 fully saturated rings. The van der Waals surface area contributed by atoms with Crippen molar-refractivity contribution in [2.75, 3.05) is 7.05 Å². The number of rotatable bonds is 13. The van der Waals surface area contributed by atoms with Gasteiger partial charge in [-0.2, -0.15) is 0 Å². The second-order valence-corrected chi connectivity index (χ2v) is 6.05. The van der Waals surface area contributed by atoms with Gasteiger partial charge in [0, 0.05) is 14.0 Å². The monoisotopic (exact) mass is 299 g/mol. The van der Waals surface area contributed by atoms with Crippen molar-refractivity contribution in [1.82, 2.24) is 5.32 Å². The SMILES string of the molecule is CCCCCCCCCCCCCCCC.CNC(C)=O. The fourth-order valence-corrected chi connectivity index (χ4v) is 2.27. The van der Waals surface area contributed by atoms with Crippen LogP contribution in [0.1, 0.15) is 111 Å². The predicted octanol–water partition coefficient (Wildman–Crippen LogP) is 6.24. The van der Waals surface area contributed by atoms with Gasteiger partial charge in [0.05, 0.1) is 0 Å². The molecule has 0 aromatic carbocycles. The molecule has 0 aromatic rings. The van der Waals surface area contributed by atoms with E-state index < -0.39 is 0 Å². The molecule has 0 radical (unpaired) electrons. The van der Waals surface area contributed by atoms with Gasteiger partial charge in [-0.25, -0.2) is 0 Å². The molecule has 21 heavy (non-hydrogen) atoms. The second kappa shape index (κ2) is 21.8. The van der Waals surface area contributed by atoms with Gasteiger partial charge in [0.15, 0.2) is 0 Å². The zero-order chi connectivity index (χ0) is 16.2. The zero-order valence-corrected chi connectivity index (χ0v) is 15.3. The number of unbranched alkanes of at least 4 members (excludes halogenated alkanes) is 13. The molecule has 0 aromatic heterocycles. The van der Waals surface area contributed by atoms with Crippen LogP contribution in [0.25, 0.3) is 0 Å². The van der Waals surface area contributed by atoms with Gasteiger partial charge in [0.1, 0.15) is 0 Å². The molecule has 128 valence electrons. The van der Waals surface area contributed by atoms with Crippen molar-refractivity contribution >= 4 is 5.91 Å². The van der Waals surface area contributed by atoms with Gasteiger partial charge in [0.2, 0.25) is 5.91 Å². The van der Waals surface area contributed by atoms with E-state index in [2.05, 4.69) is 19.2 Å². The number of carbonyl (C=O) groups excluding carboxylic acids is 1. The largest absolute Gasteiger partial charge is 0.359 e. The Morgan fingerprint density at radius 2 is 0.810 bits per heavy atom. The van der Waals surface area contributed by atoms with E-state index in [0.29, 0.717) is 0 Å². The normalized spacial score (nSPS) is 9.90. The Morgan fingerprint density at radius 3 is 0.952 bits per heavy atom. The van der Waals surface area contributed by atoms with Crippen LogP contribution in [0.15, 0.2) is 0 Å². The van der Waals surface area contributed by atoms with Crippen LogP contribution < -0.4 is 5.32 Å². The van der Waals surface area contributed by atoms with E-state index in [1.165, 1.54) is 96.8 Å². The number of nitrogens with one attached hydrogen (secondary N) is 1. The van der Waals surface area contributed by atoms with Crippen molar-refractivity contribution < 1.29 is 4.79 Å². The van der Waals surface area contributed by atoms with Crippen molar-refractivity contribution in [2.45, 2.75) is 111 Å². The zero-order valence-electron chi connectivity index (χ0n) is 15.3. The van der Waals surface area contributed by atoms with E-state index in [0.717, 1.165) is 0 Å². The number of hydrogen-bond donors (Lipinski definition) is 1. The molecule has 0 heterocycles. The van der Waals surface area contributed by atoms with Crippen LogP contribution in [0, 0.1) is 0 Å². The maximum atomic E-state index is 9.70. The molecule has 0 aliphatic rings. The average Bonchev–Trinajstić information content (AvgIpc) is 2.49. The number of hydrogen-bond acceptors (Lipinski definition) is 1. The van der Waals surface area contributed by atoms with Crippen LogP contribution in [0.2, 0.25) is 0 Å². The first-order valence-corrected chi connectivity index (χ1v) is 9.37. The molecule has 0 rings (SSSR count). The Bertz CT molecular complexity index is 178. The van der Waals surface area contributed by atoms with E-state index >= 15 is 0 Å². The van der Waals surface area contributed by atoms with E-state index in [-0.39, 0.29) is 5.91 Å². The number of amides is 1. The van der Waals surface area contributed by atoms with Crippen molar-refractivity contribution in [2.24, 2.45) is 0 Å². The summed E-state index contributed by atoms with van der Waals surface area (Å²) in [5.41, 5.74) is 0. The van der Waals surface area contributed by atoms with Crippen LogP contribution in [-0.4, -0.2) is 13.0 Å². The quantitative estimate of drug-likeness (QED) is 0.401. The van der Waals surface area contributed by atoms with Gasteiger partial charge in [-0.1, -0.05) is 104 Å². The van der Waals surface area contributed by atoms with Crippen molar-refractivity contribution in [1.29, 1.82) is 0 Å². The molecular weight excluding hydrogens is 258 g/mol. The minimum absolute atomic E-state index is 0.00463. The predicted molar refractivity (Wildman–Crippen MR) is 95.7 cm³/mol. The molecule has 2 nitrogen and oxygen atoms in total. The van der Waals surface area contributed by atoms with Crippen LogP contribution in [-0.2, 0) is 4.79 Å². The Kier molecular flexibility index (Phi) is 23.6. The Morgan fingerprint density at radius 1 is 0.619 bits per heavy atom. The third-order valence-corrected chi connectivity index (χ3v) is 3.81. The summed E-state index contributed by atoms with van der Waals surface area (Å²) in [5.74, 6) is 0.00463. The maximum absolute atomic E-state index is 9.70. The fraction of sp³-hybridized carbons (Fsp3) is 0.947. The van der Waals surface area contributed by atoms with Crippen molar-refractivity contribution in [3.05, 3.63) is 0 Å². The fourth-order valence-electron chi connectivity index (χ4n) is 2.27. The van der Waals surface area contributed by atoms with Crippen LogP contribution in [0.5, 0.6) is 0 Å². The Balaban J connectivity index is 0. The molecule has 0 aliphatic carbocycles. The molecule has 1 N–H and O–H groups in total. The molecule has 0 bridgehead atoms. The van der Waals surface area contributed by atoms with Gasteiger partial charge in [-0.3, -0.25) is 4.79 Å². The third-order valence-electron chi connectivity index (χ3n) is 3.81. The lowest BCUT2D eigenvalue weighted by atomic mass is 10.0. The molecule has 0 saturated heterocycles. The smallest absolute Gasteiger partial charge is 0.216 e. The minimum atomic E-state index is 0.00463. The summed E-state index contributed by atoms with van der Waals surface area (Å²) in [5, 5.41) is 2.39. The summed E-state index contributed by atoms with van der Waals surface area (Å²) in [4.78, 5) is 9.70. The summed E-state index contributed by atoms with van der Waals surface area (Å²) in [6.45, 7) is 6.05. The van der Waals surface area contributed by atoms with E-state index in [4.69, 9.17) is 0 Å². The molecule has 0 aliphatic heterocycles. The van der Waals surface area contributed by atoms with Gasteiger partial charge in [0.25, 0.3) is 0 Å². The molecule has 0 saturated carbocycles. The van der Waals surface area contributed by atoms with Crippen molar-refractivity contribution in [3.8, 4) is 0 Å². The topological polar surface area (TPSA) is 29.1 Å². The summed E-state index contributed by atoms with van der Waals surface area (Å²) in [7, 11) is 1.60. The lowest BCUT2D eigenvalue weighted by Crippen LogP contribution is -2.11. The highest BCUT2D eigenvalue weighted by Crippen LogP contribution is 2.12. The van der Waals surface area contributed by atoms with E-state index in [1.54, 1.807) is 7.05 Å². The van der Waals surface area contributed by atoms with Gasteiger partial charge >= 0.3 is 0 Å². The molecule has 1 amide bonds. The first kappa shape index (κ1) is 22.7. The summed E-state index contributed by atoms with van der Waals surface area (Å²) in [6.07, 6.45) is 20.4. The lowest BCUT2D eigenvalue weighted by molar-refractivity contribution is -0.118. The highest BCUT2D eigenvalue weighted by Gasteiger charge is 1.92. The highest BCUT2D eigenvalue weighted by atomic mass is 16.1. The minimum Gasteiger partial charge on any atom is -0.359 e. The Labute approximate surface area is 134 Å². The second-order valence-electron chi connectivity index (χ2n) is 6.05. The van der Waals surface area contributed by atoms with Crippen molar-refractivity contribution in [3.63, 3.8) is 0 Å². The Hall–Kier alpha value is -0.530. The lowest BCUT2D eigenvalue weighted by Gasteiger charge is -2.02. The van der Waals surface area contributed by atoms with Crippen LogP contribution in [0.3, 0.4) is 0 Å². The van der Waals surface area contributed by atoms with Crippen LogP contribution >= 0.6 is 0 Å². The first-order valence-electron chi connectivity index (χ1n) is 9.37. The summed E-state index contributed by atoms with van der Waals surface area (Å²) < 4.78 is 0. The average molecular weight is 300 g/mol. The number of carbonyl (C=O) groups is 1. The molecule has 2 heteroatoms. The summed E-state index contributed by atoms with van der Waals surface area (Å²) >= 11 is 0. The van der Waals surface area contributed by atoms with Gasteiger partial charge in [-0.05, 0) is 0 Å². The summed E-state index contributed by atoms with van der Waals surface area (Å²) in [6, 6.07) is 0. The maximum Gasteiger partial charge on any atom is 0.216 e. The molecule has 0 atom stereocenters. The standard InChI is InChI=1S/C16H34.C3H7NO/c1-3-5-7-9-11-13-15-16-14-12-10-8-6-4-2;1-3(5)4-2/h3-16H2,1-2H3;1-2H3,(H,4,5). The van der Waals surface area contributed by atoms with E-state index in [1.807, 2.05) is 0 Å². The van der Waals surface area contributed by atoms with Gasteiger partial charge < -0.3 is 5.32 Å². The highest BCUT2D eigenvalue weighted by molar-refractivity contribution is 5.72. The first-order chi connectivity index (χ1) is 10.2. The van der Waals surface area contributed by atoms with Crippen LogP contribution in [0.4, 0.5) is 0 Å². The third kappa shape index (κ3) is 28.4. The van der Waals surface area contributed by atoms with Gasteiger partial charge in [-0.15, -0.1) is 0 Å². The molecular formula is C19H41NO. The molecule has 0 spiro atoms. The molecule has 0 unspecified atom stereocenters. The van der Waals surface area contributed by atoms with E-state index in [9.17, 15) is 4.79 Å².